The Kier molecular flexibility index (Phi) is 6.65. The molecule has 3 rings (SSSR count). The van der Waals surface area contributed by atoms with Gasteiger partial charge in [0, 0.05) is 45.7 Å². The summed E-state index contributed by atoms with van der Waals surface area (Å²) in [5.41, 5.74) is 2.53. The maximum Gasteiger partial charge on any atom is 0.220 e. The molecule has 1 heterocycles. The molecule has 0 saturated carbocycles. The van der Waals surface area contributed by atoms with E-state index in [1.54, 1.807) is 0 Å². The fraction of sp³-hybridized carbons (Fsp3) is 0.571. The molecular weight excluding hydrogens is 310 g/mol. The van der Waals surface area contributed by atoms with E-state index in [-0.39, 0.29) is 5.91 Å². The zero-order chi connectivity index (χ0) is 17.5. The van der Waals surface area contributed by atoms with Gasteiger partial charge < -0.3 is 10.2 Å². The lowest BCUT2D eigenvalue weighted by molar-refractivity contribution is -0.121. The minimum atomic E-state index is 0.162. The highest BCUT2D eigenvalue weighted by atomic mass is 16.1. The average molecular weight is 341 g/mol. The van der Waals surface area contributed by atoms with E-state index in [0.717, 1.165) is 39.0 Å². The number of benzene rings is 1. The van der Waals surface area contributed by atoms with E-state index in [1.165, 1.54) is 24.2 Å². The normalized spacial score (nSPS) is 21.6. The van der Waals surface area contributed by atoms with Crippen molar-refractivity contribution in [2.45, 2.75) is 39.3 Å². The van der Waals surface area contributed by atoms with Crippen molar-refractivity contribution >= 4 is 5.91 Å². The summed E-state index contributed by atoms with van der Waals surface area (Å²) < 4.78 is 0. The number of carbonyl (C=O) groups excluding carboxylic acids is 1. The van der Waals surface area contributed by atoms with Crippen molar-refractivity contribution in [3.63, 3.8) is 0 Å². The molecule has 1 aromatic carbocycles. The number of hydrogen-bond acceptors (Lipinski definition) is 3. The molecule has 4 heteroatoms. The number of nitrogens with one attached hydrogen (secondary N) is 1. The highest BCUT2D eigenvalue weighted by Crippen LogP contribution is 2.20. The van der Waals surface area contributed by atoms with Gasteiger partial charge in [-0.15, -0.1) is 0 Å². The van der Waals surface area contributed by atoms with Crippen LogP contribution in [0.15, 0.2) is 36.4 Å². The molecule has 2 aliphatic rings. The van der Waals surface area contributed by atoms with Gasteiger partial charge in [-0.05, 0) is 36.4 Å². The molecule has 1 N–H and O–H groups in total. The van der Waals surface area contributed by atoms with Crippen molar-refractivity contribution < 1.29 is 4.79 Å². The van der Waals surface area contributed by atoms with Gasteiger partial charge in [-0.2, -0.15) is 0 Å². The van der Waals surface area contributed by atoms with Gasteiger partial charge in [-0.3, -0.25) is 9.69 Å². The van der Waals surface area contributed by atoms with Gasteiger partial charge in [0.1, 0.15) is 0 Å². The number of amides is 1. The van der Waals surface area contributed by atoms with E-state index in [0.29, 0.717) is 18.9 Å². The molecule has 0 bridgehead atoms. The quantitative estimate of drug-likeness (QED) is 0.775. The fourth-order valence-corrected chi connectivity index (χ4v) is 3.66. The zero-order valence-corrected chi connectivity index (χ0v) is 15.4. The molecule has 1 saturated heterocycles. The van der Waals surface area contributed by atoms with Crippen molar-refractivity contribution in [1.29, 1.82) is 0 Å². The zero-order valence-electron chi connectivity index (χ0n) is 15.4. The summed E-state index contributed by atoms with van der Waals surface area (Å²) >= 11 is 0. The van der Waals surface area contributed by atoms with Gasteiger partial charge in [0.25, 0.3) is 0 Å². The van der Waals surface area contributed by atoms with Crippen LogP contribution in [0.2, 0.25) is 0 Å². The molecule has 1 aliphatic carbocycles. The summed E-state index contributed by atoms with van der Waals surface area (Å²) in [5, 5.41) is 3.05. The van der Waals surface area contributed by atoms with Gasteiger partial charge in [0.15, 0.2) is 0 Å². The number of carbonyl (C=O) groups is 1. The number of allylic oxidation sites excluding steroid dienone is 2. The van der Waals surface area contributed by atoms with Crippen molar-refractivity contribution in [1.82, 2.24) is 15.1 Å². The Morgan fingerprint density at radius 1 is 1.08 bits per heavy atom. The first-order valence-electron chi connectivity index (χ1n) is 9.69. The van der Waals surface area contributed by atoms with Crippen LogP contribution < -0.4 is 5.32 Å². The lowest BCUT2D eigenvalue weighted by atomic mass is 10.0. The van der Waals surface area contributed by atoms with E-state index in [1.807, 2.05) is 0 Å². The predicted molar refractivity (Wildman–Crippen MR) is 102 cm³/mol. The first kappa shape index (κ1) is 18.2. The summed E-state index contributed by atoms with van der Waals surface area (Å²) in [4.78, 5) is 17.0. The van der Waals surface area contributed by atoms with Crippen LogP contribution in [0.1, 0.15) is 37.3 Å². The summed E-state index contributed by atoms with van der Waals surface area (Å²) in [5.74, 6) is 0.602. The van der Waals surface area contributed by atoms with Gasteiger partial charge in [0.05, 0.1) is 0 Å². The van der Waals surface area contributed by atoms with Crippen LogP contribution in [-0.2, 0) is 17.9 Å². The topological polar surface area (TPSA) is 35.6 Å². The Balaban J connectivity index is 1.39. The molecule has 0 spiro atoms. The van der Waals surface area contributed by atoms with E-state index >= 15 is 0 Å². The van der Waals surface area contributed by atoms with Crippen molar-refractivity contribution in [3.8, 4) is 0 Å². The third kappa shape index (κ3) is 5.68. The lowest BCUT2D eigenvalue weighted by Crippen LogP contribution is -2.45. The molecule has 0 radical (unpaired) electrons. The summed E-state index contributed by atoms with van der Waals surface area (Å²) in [6.45, 7) is 9.71. The molecule has 1 fully saturated rings. The van der Waals surface area contributed by atoms with Gasteiger partial charge in [-0.1, -0.05) is 43.3 Å². The van der Waals surface area contributed by atoms with Gasteiger partial charge >= 0.3 is 0 Å². The molecule has 4 nitrogen and oxygen atoms in total. The molecule has 0 aromatic heterocycles. The summed E-state index contributed by atoms with van der Waals surface area (Å²) in [6.07, 6.45) is 7.22. The van der Waals surface area contributed by atoms with Crippen molar-refractivity contribution in [2.75, 3.05) is 32.7 Å². The van der Waals surface area contributed by atoms with Crippen LogP contribution in [0.5, 0.6) is 0 Å². The largest absolute Gasteiger partial charge is 0.352 e. The predicted octanol–water partition coefficient (Wildman–Crippen LogP) is 2.80. The van der Waals surface area contributed by atoms with E-state index < -0.39 is 0 Å². The monoisotopic (exact) mass is 341 g/mol. The Morgan fingerprint density at radius 3 is 2.40 bits per heavy atom. The molecule has 1 amide bonds. The Morgan fingerprint density at radius 2 is 1.76 bits per heavy atom. The number of rotatable bonds is 7. The number of likely N-dealkylation sites (N-methyl/N-ethyl adjacent to an activating group) is 1. The molecular formula is C21H31N3O. The van der Waals surface area contributed by atoms with Crippen LogP contribution in [0.3, 0.4) is 0 Å². The second-order valence-corrected chi connectivity index (χ2v) is 7.27. The number of piperazine rings is 1. The fourth-order valence-electron chi connectivity index (χ4n) is 3.66. The maximum atomic E-state index is 12.0. The third-order valence-corrected chi connectivity index (χ3v) is 5.39. The molecule has 0 unspecified atom stereocenters. The highest BCUT2D eigenvalue weighted by molar-refractivity contribution is 5.76. The molecule has 25 heavy (non-hydrogen) atoms. The first-order valence-corrected chi connectivity index (χ1v) is 9.69. The van der Waals surface area contributed by atoms with E-state index in [4.69, 9.17) is 0 Å². The van der Waals surface area contributed by atoms with Gasteiger partial charge in [0.2, 0.25) is 5.91 Å². The number of nitrogens with zero attached hydrogens (tertiary/aromatic N) is 2. The van der Waals surface area contributed by atoms with Crippen molar-refractivity contribution in [3.05, 3.63) is 47.5 Å². The van der Waals surface area contributed by atoms with Crippen molar-refractivity contribution in [2.24, 2.45) is 5.92 Å². The van der Waals surface area contributed by atoms with Gasteiger partial charge in [-0.25, -0.2) is 0 Å². The summed E-state index contributed by atoms with van der Waals surface area (Å²) in [7, 11) is 0. The second-order valence-electron chi connectivity index (χ2n) is 7.27. The lowest BCUT2D eigenvalue weighted by Gasteiger charge is -2.34. The van der Waals surface area contributed by atoms with E-state index in [2.05, 4.69) is 58.5 Å². The SMILES string of the molecule is CCN1CCN(Cc2ccc(CNC(=O)C[C@H]3C=CCC3)cc2)CC1. The second kappa shape index (κ2) is 9.16. The molecule has 136 valence electrons. The average Bonchev–Trinajstić information content (AvgIpc) is 3.15. The Hall–Kier alpha value is -1.65. The smallest absolute Gasteiger partial charge is 0.220 e. The minimum Gasteiger partial charge on any atom is -0.352 e. The van der Waals surface area contributed by atoms with Crippen LogP contribution in [0.25, 0.3) is 0 Å². The summed E-state index contributed by atoms with van der Waals surface area (Å²) in [6, 6.07) is 8.70. The van der Waals surface area contributed by atoms with E-state index in [9.17, 15) is 4.79 Å². The van der Waals surface area contributed by atoms with Crippen LogP contribution in [0.4, 0.5) is 0 Å². The van der Waals surface area contributed by atoms with Crippen LogP contribution >= 0.6 is 0 Å². The molecule has 1 atom stereocenters. The third-order valence-electron chi connectivity index (χ3n) is 5.39. The van der Waals surface area contributed by atoms with Crippen LogP contribution in [-0.4, -0.2) is 48.4 Å². The Labute approximate surface area is 151 Å². The molecule has 1 aliphatic heterocycles. The Bertz CT molecular complexity index is 573. The van der Waals surface area contributed by atoms with Crippen LogP contribution in [0, 0.1) is 5.92 Å². The number of hydrogen-bond donors (Lipinski definition) is 1. The minimum absolute atomic E-state index is 0.162. The molecule has 1 aromatic rings. The standard InChI is InChI=1S/C21H31N3O/c1-2-23-11-13-24(14-12-23)17-20-9-7-19(8-10-20)16-22-21(25)15-18-5-3-4-6-18/h3,5,7-10,18H,2,4,6,11-17H2,1H3,(H,22,25)/t18-/m0/s1. The maximum absolute atomic E-state index is 12.0. The highest BCUT2D eigenvalue weighted by Gasteiger charge is 2.16. The first-order chi connectivity index (χ1) is 12.2.